The third-order valence-corrected chi connectivity index (χ3v) is 3.20. The Morgan fingerprint density at radius 1 is 1.25 bits per heavy atom. The van der Waals surface area contributed by atoms with Gasteiger partial charge in [0.05, 0.1) is 34.2 Å². The van der Waals surface area contributed by atoms with Crippen LogP contribution in [0.4, 0.5) is 0 Å². The van der Waals surface area contributed by atoms with E-state index in [4.69, 9.17) is 27.9 Å². The van der Waals surface area contributed by atoms with Gasteiger partial charge in [0.15, 0.2) is 5.69 Å². The van der Waals surface area contributed by atoms with Gasteiger partial charge in [-0.15, -0.1) is 0 Å². The molecule has 2 rings (SSSR count). The van der Waals surface area contributed by atoms with E-state index in [9.17, 15) is 4.79 Å². The molecule has 0 aliphatic rings. The second-order valence-corrected chi connectivity index (χ2v) is 5.23. The average Bonchev–Trinajstić information content (AvgIpc) is 2.41. The maximum absolute atomic E-state index is 11.7. The topological polar surface area (TPSA) is 48.4 Å². The number of pyridine rings is 1. The highest BCUT2D eigenvalue weighted by Crippen LogP contribution is 2.36. The Morgan fingerprint density at radius 2 is 1.90 bits per heavy atom. The minimum Gasteiger partial charge on any atom is -0.490 e. The molecule has 0 aliphatic heterocycles. The van der Waals surface area contributed by atoms with Crippen LogP contribution in [0.3, 0.4) is 0 Å². The molecule has 0 saturated heterocycles. The molecular weight excluding hydrogens is 301 g/mol. The highest BCUT2D eigenvalue weighted by molar-refractivity contribution is 6.40. The van der Waals surface area contributed by atoms with E-state index in [0.29, 0.717) is 26.7 Å². The monoisotopic (exact) mass is 313 g/mol. The number of esters is 1. The number of hydrogen-bond acceptors (Lipinski definition) is 4. The first-order chi connectivity index (χ1) is 9.43. The molecule has 0 unspecified atom stereocenters. The number of benzene rings is 1. The second kappa shape index (κ2) is 5.85. The molecule has 0 radical (unpaired) electrons. The van der Waals surface area contributed by atoms with Crippen LogP contribution in [0.25, 0.3) is 10.9 Å². The molecular formula is C14H13Cl2NO3. The molecule has 0 spiro atoms. The number of methoxy groups -OCH3 is 1. The van der Waals surface area contributed by atoms with Crippen LogP contribution in [0.1, 0.15) is 24.3 Å². The van der Waals surface area contributed by atoms with Crippen LogP contribution in [0.2, 0.25) is 10.0 Å². The van der Waals surface area contributed by atoms with E-state index in [1.807, 2.05) is 13.8 Å². The molecule has 0 bridgehead atoms. The lowest BCUT2D eigenvalue weighted by Crippen LogP contribution is -2.10. The van der Waals surface area contributed by atoms with Crippen LogP contribution < -0.4 is 4.74 Å². The summed E-state index contributed by atoms with van der Waals surface area (Å²) < 4.78 is 10.4. The van der Waals surface area contributed by atoms with Gasteiger partial charge < -0.3 is 9.47 Å². The fourth-order valence-corrected chi connectivity index (χ4v) is 2.24. The summed E-state index contributed by atoms with van der Waals surface area (Å²) in [6.45, 7) is 3.76. The molecule has 20 heavy (non-hydrogen) atoms. The van der Waals surface area contributed by atoms with E-state index in [0.717, 1.165) is 0 Å². The van der Waals surface area contributed by atoms with Crippen molar-refractivity contribution in [2.45, 2.75) is 20.0 Å². The number of carbonyl (C=O) groups is 1. The molecule has 106 valence electrons. The lowest BCUT2D eigenvalue weighted by molar-refractivity contribution is 0.0593. The predicted molar refractivity (Wildman–Crippen MR) is 78.9 cm³/mol. The maximum atomic E-state index is 11.7. The zero-order valence-corrected chi connectivity index (χ0v) is 12.7. The molecule has 0 amide bonds. The van der Waals surface area contributed by atoms with Crippen molar-refractivity contribution in [1.82, 2.24) is 4.98 Å². The smallest absolute Gasteiger partial charge is 0.356 e. The van der Waals surface area contributed by atoms with Crippen molar-refractivity contribution < 1.29 is 14.3 Å². The summed E-state index contributed by atoms with van der Waals surface area (Å²) in [5, 5.41) is 1.44. The third kappa shape index (κ3) is 2.81. The van der Waals surface area contributed by atoms with Gasteiger partial charge in [-0.2, -0.15) is 0 Å². The third-order valence-electron chi connectivity index (χ3n) is 2.58. The summed E-state index contributed by atoms with van der Waals surface area (Å²) in [7, 11) is 1.29. The van der Waals surface area contributed by atoms with Gasteiger partial charge in [-0.05, 0) is 26.0 Å². The van der Waals surface area contributed by atoms with Gasteiger partial charge in [0.25, 0.3) is 0 Å². The van der Waals surface area contributed by atoms with Crippen LogP contribution >= 0.6 is 23.2 Å². The summed E-state index contributed by atoms with van der Waals surface area (Å²) in [6, 6.07) is 4.80. The van der Waals surface area contributed by atoms with Crippen LogP contribution in [0.15, 0.2) is 18.2 Å². The molecule has 0 fully saturated rings. The van der Waals surface area contributed by atoms with Gasteiger partial charge >= 0.3 is 5.97 Å². The van der Waals surface area contributed by atoms with Gasteiger partial charge in [-0.3, -0.25) is 0 Å². The number of fused-ring (bicyclic) bond motifs is 1. The zero-order valence-electron chi connectivity index (χ0n) is 11.2. The number of nitrogens with zero attached hydrogens (tertiary/aromatic N) is 1. The van der Waals surface area contributed by atoms with Crippen molar-refractivity contribution in [2.24, 2.45) is 0 Å². The predicted octanol–water partition coefficient (Wildman–Crippen LogP) is 4.12. The van der Waals surface area contributed by atoms with Crippen LogP contribution in [0.5, 0.6) is 5.75 Å². The van der Waals surface area contributed by atoms with Gasteiger partial charge in [0.1, 0.15) is 5.75 Å². The summed E-state index contributed by atoms with van der Waals surface area (Å²) in [5.41, 5.74) is 0.539. The number of rotatable bonds is 3. The van der Waals surface area contributed by atoms with E-state index in [-0.39, 0.29) is 11.8 Å². The summed E-state index contributed by atoms with van der Waals surface area (Å²) in [6.07, 6.45) is -0.0823. The Morgan fingerprint density at radius 3 is 2.50 bits per heavy atom. The van der Waals surface area contributed by atoms with Crippen molar-refractivity contribution in [3.05, 3.63) is 33.9 Å². The highest BCUT2D eigenvalue weighted by Gasteiger charge is 2.18. The Balaban J connectivity index is 2.77. The molecule has 1 heterocycles. The van der Waals surface area contributed by atoms with Gasteiger partial charge in [-0.1, -0.05) is 23.2 Å². The average molecular weight is 314 g/mol. The Kier molecular flexibility index (Phi) is 4.35. The minimum absolute atomic E-state index is 0.0823. The number of halogens is 2. The molecule has 0 N–H and O–H groups in total. The van der Waals surface area contributed by atoms with Crippen molar-refractivity contribution in [2.75, 3.05) is 7.11 Å². The Bertz CT molecular complexity index is 671. The second-order valence-electron chi connectivity index (χ2n) is 4.42. The fourth-order valence-electron chi connectivity index (χ4n) is 1.79. The molecule has 4 nitrogen and oxygen atoms in total. The molecule has 2 aromatic rings. The highest BCUT2D eigenvalue weighted by atomic mass is 35.5. The lowest BCUT2D eigenvalue weighted by Gasteiger charge is -2.14. The zero-order chi connectivity index (χ0) is 14.9. The quantitative estimate of drug-likeness (QED) is 0.800. The van der Waals surface area contributed by atoms with Crippen molar-refractivity contribution in [3.8, 4) is 5.75 Å². The van der Waals surface area contributed by atoms with E-state index in [1.54, 1.807) is 12.1 Å². The number of carbonyl (C=O) groups excluding carboxylic acids is 1. The fraction of sp³-hybridized carbons (Fsp3) is 0.286. The van der Waals surface area contributed by atoms with Crippen molar-refractivity contribution in [1.29, 1.82) is 0 Å². The first-order valence-corrected chi connectivity index (χ1v) is 6.73. The number of aromatic nitrogens is 1. The van der Waals surface area contributed by atoms with Gasteiger partial charge in [-0.25, -0.2) is 9.78 Å². The summed E-state index contributed by atoms with van der Waals surface area (Å²) in [4.78, 5) is 15.9. The number of hydrogen-bond donors (Lipinski definition) is 0. The van der Waals surface area contributed by atoms with Crippen LogP contribution in [-0.4, -0.2) is 24.2 Å². The molecule has 1 aromatic heterocycles. The molecule has 6 heteroatoms. The Hall–Kier alpha value is -1.52. The molecule has 0 aliphatic carbocycles. The summed E-state index contributed by atoms with van der Waals surface area (Å²) in [5.74, 6) is -0.102. The Labute approximate surface area is 126 Å². The largest absolute Gasteiger partial charge is 0.490 e. The standard InChI is InChI=1S/C14H13Cl2NO3/c1-7(2)20-11-6-10(14(18)19-3)17-13-9(16)5-4-8(15)12(11)13/h4-7H,1-3H3. The first kappa shape index (κ1) is 14.9. The van der Waals surface area contributed by atoms with Crippen molar-refractivity contribution >= 4 is 40.1 Å². The SMILES string of the molecule is COC(=O)c1cc(OC(C)C)c2c(Cl)ccc(Cl)c2n1. The minimum atomic E-state index is -0.559. The van der Waals surface area contributed by atoms with Crippen molar-refractivity contribution in [3.63, 3.8) is 0 Å². The molecule has 1 aromatic carbocycles. The van der Waals surface area contributed by atoms with Gasteiger partial charge in [0, 0.05) is 6.07 Å². The van der Waals surface area contributed by atoms with Gasteiger partial charge in [0.2, 0.25) is 0 Å². The maximum Gasteiger partial charge on any atom is 0.356 e. The van der Waals surface area contributed by atoms with Crippen LogP contribution in [0, 0.1) is 0 Å². The van der Waals surface area contributed by atoms with E-state index in [2.05, 4.69) is 9.72 Å². The summed E-state index contributed by atoms with van der Waals surface area (Å²) >= 11 is 12.3. The van der Waals surface area contributed by atoms with Crippen LogP contribution in [-0.2, 0) is 4.74 Å². The molecule has 0 atom stereocenters. The van der Waals surface area contributed by atoms with E-state index < -0.39 is 5.97 Å². The first-order valence-electron chi connectivity index (χ1n) is 5.97. The number of ether oxygens (including phenoxy) is 2. The lowest BCUT2D eigenvalue weighted by atomic mass is 10.1. The molecule has 0 saturated carbocycles. The normalized spacial score (nSPS) is 10.9. The van der Waals surface area contributed by atoms with E-state index >= 15 is 0 Å². The van der Waals surface area contributed by atoms with E-state index in [1.165, 1.54) is 13.2 Å².